The molecular weight excluding hydrogens is 514 g/mol. The normalized spacial score (nSPS) is 11.8. The maximum absolute atomic E-state index is 11.9. The summed E-state index contributed by atoms with van der Waals surface area (Å²) in [7, 11) is 0. The van der Waals surface area contributed by atoms with E-state index in [1.54, 1.807) is 31.1 Å². The van der Waals surface area contributed by atoms with E-state index in [0.717, 1.165) is 54.0 Å². The summed E-state index contributed by atoms with van der Waals surface area (Å²) in [6, 6.07) is 3.96. The molecule has 0 spiro atoms. The van der Waals surface area contributed by atoms with Crippen LogP contribution < -0.4 is 16.0 Å². The van der Waals surface area contributed by atoms with Gasteiger partial charge in [-0.25, -0.2) is 14.6 Å². The Hall–Kier alpha value is -4.02. The summed E-state index contributed by atoms with van der Waals surface area (Å²) in [5, 5.41) is 3.27. The van der Waals surface area contributed by atoms with Gasteiger partial charge in [0.05, 0.1) is 36.7 Å². The van der Waals surface area contributed by atoms with E-state index in [-0.39, 0.29) is 25.4 Å². The summed E-state index contributed by atoms with van der Waals surface area (Å²) in [6.07, 6.45) is 7.88. The number of nitrogens with zero attached hydrogens (tertiary/aromatic N) is 3. The molecule has 0 aliphatic carbocycles. The van der Waals surface area contributed by atoms with Crippen LogP contribution in [0.5, 0.6) is 0 Å². The Kier molecular flexibility index (Phi) is 15.6. The molecule has 0 unspecified atom stereocenters. The topological polar surface area (TPSA) is 154 Å². The number of aromatic nitrogens is 2. The van der Waals surface area contributed by atoms with Gasteiger partial charge in [-0.05, 0) is 63.8 Å². The van der Waals surface area contributed by atoms with E-state index in [0.29, 0.717) is 12.4 Å². The minimum atomic E-state index is -0.927. The predicted octanol–water partition coefficient (Wildman–Crippen LogP) is 3.95. The highest BCUT2D eigenvalue weighted by Gasteiger charge is 2.31. The maximum Gasteiger partial charge on any atom is 0.417 e. The molecule has 3 heterocycles. The lowest BCUT2D eigenvalue weighted by Crippen LogP contribution is -2.42. The van der Waals surface area contributed by atoms with Crippen molar-refractivity contribution in [1.82, 2.24) is 9.97 Å². The van der Waals surface area contributed by atoms with Gasteiger partial charge in [-0.2, -0.15) is 0 Å². The molecule has 1 aliphatic rings. The Balaban J connectivity index is 0.000000313. The second-order valence-corrected chi connectivity index (χ2v) is 9.06. The lowest BCUT2D eigenvalue weighted by Gasteiger charge is -2.27. The van der Waals surface area contributed by atoms with Crippen molar-refractivity contribution < 1.29 is 28.7 Å². The molecule has 11 nitrogen and oxygen atoms in total. The standard InChI is InChI=1S/C13H16N2O2.C10H17N3.C6H10O4/c1-3-4-5-15-11-6-9(2)8-14-10(11)7-12(16)13(15)17;1-3-4-5-12-9-6-8(2)7-13-10(9)11;1-3-9-5(7)6(8)10-4-2/h6,8H,3-5,7H2,1-2H3;6-7,12H,3-5H2,1-2H3,(H2,11,13);3-4H2,1-2H3. The molecule has 2 aromatic heterocycles. The van der Waals surface area contributed by atoms with Gasteiger partial charge in [-0.1, -0.05) is 26.7 Å². The van der Waals surface area contributed by atoms with Gasteiger partial charge in [0.25, 0.3) is 5.91 Å². The van der Waals surface area contributed by atoms with Crippen molar-refractivity contribution in [2.75, 3.05) is 42.3 Å². The smallest absolute Gasteiger partial charge is 0.417 e. The molecule has 1 amide bonds. The molecule has 0 radical (unpaired) electrons. The summed E-state index contributed by atoms with van der Waals surface area (Å²) >= 11 is 0. The van der Waals surface area contributed by atoms with Crippen LogP contribution in [-0.2, 0) is 35.1 Å². The Labute approximate surface area is 236 Å². The summed E-state index contributed by atoms with van der Waals surface area (Å²) < 4.78 is 8.69. The summed E-state index contributed by atoms with van der Waals surface area (Å²) in [4.78, 5) is 54.2. The number of carbonyl (C=O) groups is 4. The first-order valence-corrected chi connectivity index (χ1v) is 13.7. The van der Waals surface area contributed by atoms with E-state index in [2.05, 4.69) is 38.6 Å². The lowest BCUT2D eigenvalue weighted by molar-refractivity contribution is -0.167. The largest absolute Gasteiger partial charge is 0.458 e. The van der Waals surface area contributed by atoms with Crippen LogP contribution >= 0.6 is 0 Å². The molecule has 0 saturated heterocycles. The summed E-state index contributed by atoms with van der Waals surface area (Å²) in [5.41, 5.74) is 10.3. The van der Waals surface area contributed by atoms with Gasteiger partial charge in [-0.15, -0.1) is 0 Å². The number of amides is 1. The summed E-state index contributed by atoms with van der Waals surface area (Å²) in [5.74, 6) is -2.02. The van der Waals surface area contributed by atoms with E-state index >= 15 is 0 Å². The van der Waals surface area contributed by atoms with Crippen LogP contribution in [0.3, 0.4) is 0 Å². The molecule has 0 bridgehead atoms. The fraction of sp³-hybridized carbons (Fsp3) is 0.517. The van der Waals surface area contributed by atoms with Crippen LogP contribution in [0.1, 0.15) is 70.2 Å². The van der Waals surface area contributed by atoms with E-state index in [9.17, 15) is 19.2 Å². The number of fused-ring (bicyclic) bond motifs is 1. The van der Waals surface area contributed by atoms with Crippen molar-refractivity contribution in [1.29, 1.82) is 0 Å². The number of pyridine rings is 2. The van der Waals surface area contributed by atoms with E-state index in [1.807, 2.05) is 26.0 Å². The number of hydrogen-bond acceptors (Lipinski definition) is 10. The second-order valence-electron chi connectivity index (χ2n) is 9.06. The van der Waals surface area contributed by atoms with Crippen LogP contribution in [0.2, 0.25) is 0 Å². The van der Waals surface area contributed by atoms with Gasteiger partial charge in [0.1, 0.15) is 5.82 Å². The van der Waals surface area contributed by atoms with E-state index in [4.69, 9.17) is 5.73 Å². The van der Waals surface area contributed by atoms with E-state index in [1.165, 1.54) is 6.42 Å². The van der Waals surface area contributed by atoms with Crippen LogP contribution in [-0.4, -0.2) is 59.9 Å². The zero-order valence-electron chi connectivity index (χ0n) is 24.5. The number of ketones is 1. The molecule has 0 fully saturated rings. The van der Waals surface area contributed by atoms with Crippen LogP contribution in [0.4, 0.5) is 17.2 Å². The third kappa shape index (κ3) is 11.4. The zero-order chi connectivity index (χ0) is 30.1. The number of nitrogens with one attached hydrogen (secondary N) is 1. The average Bonchev–Trinajstić information content (AvgIpc) is 2.92. The minimum Gasteiger partial charge on any atom is -0.458 e. The molecule has 3 N–H and O–H groups in total. The van der Waals surface area contributed by atoms with Gasteiger partial charge in [0, 0.05) is 25.5 Å². The third-order valence-electron chi connectivity index (χ3n) is 5.54. The first-order valence-electron chi connectivity index (χ1n) is 13.7. The Morgan fingerprint density at radius 2 is 1.50 bits per heavy atom. The van der Waals surface area contributed by atoms with Gasteiger partial charge in [-0.3, -0.25) is 14.6 Å². The highest BCUT2D eigenvalue weighted by Crippen LogP contribution is 2.26. The number of ether oxygens (including phenoxy) is 2. The quantitative estimate of drug-likeness (QED) is 0.263. The molecule has 0 aromatic carbocycles. The molecule has 1 aliphatic heterocycles. The SMILES string of the molecule is CCCCN1C(=O)C(=O)Cc2ncc(C)cc21.CCCCNc1cc(C)cnc1N.CCOC(=O)C(=O)OCC. The number of esters is 2. The highest BCUT2D eigenvalue weighted by molar-refractivity contribution is 6.43. The molecule has 0 atom stereocenters. The molecule has 2 aromatic rings. The fourth-order valence-corrected chi connectivity index (χ4v) is 3.48. The van der Waals surface area contributed by atoms with Crippen molar-refractivity contribution in [3.8, 4) is 0 Å². The monoisotopic (exact) mass is 557 g/mol. The fourth-order valence-electron chi connectivity index (χ4n) is 3.48. The Bertz CT molecular complexity index is 1120. The van der Waals surface area contributed by atoms with Crippen molar-refractivity contribution in [2.24, 2.45) is 0 Å². The number of nitrogen functional groups attached to an aromatic ring is 1. The first kappa shape index (κ1) is 34.0. The molecule has 3 rings (SSSR count). The predicted molar refractivity (Wildman–Crippen MR) is 155 cm³/mol. The van der Waals surface area contributed by atoms with Crippen LogP contribution in [0, 0.1) is 13.8 Å². The van der Waals surface area contributed by atoms with E-state index < -0.39 is 17.8 Å². The van der Waals surface area contributed by atoms with Crippen molar-refractivity contribution in [3.05, 3.63) is 41.3 Å². The summed E-state index contributed by atoms with van der Waals surface area (Å²) in [6.45, 7) is 13.4. The number of carbonyl (C=O) groups excluding carboxylic acids is 4. The minimum absolute atomic E-state index is 0.136. The number of nitrogens with two attached hydrogens (primary N) is 1. The Morgan fingerprint density at radius 1 is 0.925 bits per heavy atom. The number of anilines is 3. The average molecular weight is 558 g/mol. The number of Topliss-reactive ketones (excluding diaryl/α,β-unsaturated/α-hetero) is 1. The third-order valence-corrected chi connectivity index (χ3v) is 5.54. The maximum atomic E-state index is 11.9. The van der Waals surface area contributed by atoms with Gasteiger partial charge in [0.15, 0.2) is 0 Å². The number of unbranched alkanes of at least 4 members (excludes halogenated alkanes) is 2. The zero-order valence-corrected chi connectivity index (χ0v) is 24.5. The van der Waals surface area contributed by atoms with Gasteiger partial charge >= 0.3 is 11.9 Å². The van der Waals surface area contributed by atoms with Gasteiger partial charge < -0.3 is 25.4 Å². The van der Waals surface area contributed by atoms with Crippen molar-refractivity contribution >= 4 is 40.8 Å². The number of aryl methyl sites for hydroxylation is 2. The number of hydrogen-bond donors (Lipinski definition) is 2. The molecule has 0 saturated carbocycles. The molecular formula is C29H43N5O6. The molecule has 40 heavy (non-hydrogen) atoms. The van der Waals surface area contributed by atoms with Gasteiger partial charge in [0.2, 0.25) is 5.78 Å². The molecule has 220 valence electrons. The highest BCUT2D eigenvalue weighted by atomic mass is 16.6. The van der Waals surface area contributed by atoms with Crippen molar-refractivity contribution in [2.45, 2.75) is 73.6 Å². The lowest BCUT2D eigenvalue weighted by atomic mass is 10.0. The first-order chi connectivity index (χ1) is 19.1. The van der Waals surface area contributed by atoms with Crippen LogP contribution in [0.15, 0.2) is 24.5 Å². The van der Waals surface area contributed by atoms with Crippen LogP contribution in [0.25, 0.3) is 0 Å². The number of rotatable bonds is 9. The molecule has 11 heteroatoms. The second kappa shape index (κ2) is 18.3. The van der Waals surface area contributed by atoms with Crippen molar-refractivity contribution in [3.63, 3.8) is 0 Å². The Morgan fingerprint density at radius 3 is 2.08 bits per heavy atom.